The summed E-state index contributed by atoms with van der Waals surface area (Å²) in [5.41, 5.74) is 1.82. The third-order valence-electron chi connectivity index (χ3n) is 2.28. The quantitative estimate of drug-likeness (QED) is 0.778. The van der Waals surface area contributed by atoms with Crippen LogP contribution in [0.1, 0.15) is 30.4 Å². The van der Waals surface area contributed by atoms with E-state index in [1.54, 1.807) is 0 Å². The van der Waals surface area contributed by atoms with E-state index in [2.05, 4.69) is 11.8 Å². The van der Waals surface area contributed by atoms with Crippen LogP contribution in [0.3, 0.4) is 0 Å². The predicted octanol–water partition coefficient (Wildman–Crippen LogP) is 1.92. The van der Waals surface area contributed by atoms with E-state index in [1.165, 1.54) is 0 Å². The molecule has 0 fully saturated rings. The summed E-state index contributed by atoms with van der Waals surface area (Å²) in [4.78, 5) is 20.6. The maximum Gasteiger partial charge on any atom is 0.315 e. The molecule has 0 unspecified atom stereocenters. The van der Waals surface area contributed by atoms with Gasteiger partial charge in [0.25, 0.3) is 0 Å². The second-order valence-electron chi connectivity index (χ2n) is 3.82. The fraction of sp³-hybridized carbons (Fsp3) is 0.286. The number of rotatable bonds is 5. The molecule has 2 N–H and O–H groups in total. The summed E-state index contributed by atoms with van der Waals surface area (Å²) in [6.07, 6.45) is 1.33. The molecule has 18 heavy (non-hydrogen) atoms. The Balaban J connectivity index is 2.48. The third kappa shape index (κ3) is 5.71. The van der Waals surface area contributed by atoms with Gasteiger partial charge in [0.2, 0.25) is 0 Å². The first-order valence-corrected chi connectivity index (χ1v) is 5.59. The summed E-state index contributed by atoms with van der Waals surface area (Å²) < 4.78 is 0. The summed E-state index contributed by atoms with van der Waals surface area (Å²) >= 11 is 0. The van der Waals surface area contributed by atoms with Crippen molar-refractivity contribution in [3.63, 3.8) is 0 Å². The molecule has 0 amide bonds. The van der Waals surface area contributed by atoms with Gasteiger partial charge in [-0.2, -0.15) is 0 Å². The SMILES string of the molecule is O=C(O)CC#Cc1ccc(CCCC(=O)O)cc1. The number of aryl methyl sites for hydroxylation is 1. The first-order valence-electron chi connectivity index (χ1n) is 5.59. The van der Waals surface area contributed by atoms with E-state index in [1.807, 2.05) is 24.3 Å². The highest BCUT2D eigenvalue weighted by molar-refractivity contribution is 5.70. The number of hydrogen-bond donors (Lipinski definition) is 2. The highest BCUT2D eigenvalue weighted by Crippen LogP contribution is 2.07. The number of aliphatic carboxylic acids is 2. The normalized spacial score (nSPS) is 9.33. The van der Waals surface area contributed by atoms with Crippen molar-refractivity contribution in [2.75, 3.05) is 0 Å². The fourth-order valence-electron chi connectivity index (χ4n) is 1.42. The Labute approximate surface area is 105 Å². The Morgan fingerprint density at radius 3 is 2.28 bits per heavy atom. The minimum Gasteiger partial charge on any atom is -0.481 e. The highest BCUT2D eigenvalue weighted by atomic mass is 16.4. The Hall–Kier alpha value is -2.28. The van der Waals surface area contributed by atoms with E-state index in [4.69, 9.17) is 10.2 Å². The molecule has 0 aliphatic carbocycles. The Morgan fingerprint density at radius 2 is 1.72 bits per heavy atom. The second kappa shape index (κ2) is 7.13. The van der Waals surface area contributed by atoms with Gasteiger partial charge in [-0.25, -0.2) is 0 Å². The molecule has 0 heterocycles. The zero-order valence-corrected chi connectivity index (χ0v) is 9.85. The van der Waals surface area contributed by atoms with E-state index in [0.29, 0.717) is 6.42 Å². The van der Waals surface area contributed by atoms with Gasteiger partial charge in [0.05, 0.1) is 0 Å². The number of carboxylic acids is 2. The molecule has 4 nitrogen and oxygen atoms in total. The van der Waals surface area contributed by atoms with Gasteiger partial charge in [-0.3, -0.25) is 9.59 Å². The number of carbonyl (C=O) groups is 2. The molecule has 0 bridgehead atoms. The highest BCUT2D eigenvalue weighted by Gasteiger charge is 1.98. The molecule has 0 atom stereocenters. The van der Waals surface area contributed by atoms with Crippen molar-refractivity contribution < 1.29 is 19.8 Å². The molecule has 0 saturated heterocycles. The van der Waals surface area contributed by atoms with Crippen LogP contribution in [0, 0.1) is 11.8 Å². The molecule has 0 spiro atoms. The summed E-state index contributed by atoms with van der Waals surface area (Å²) in [6, 6.07) is 7.38. The van der Waals surface area contributed by atoms with Crippen molar-refractivity contribution >= 4 is 11.9 Å². The van der Waals surface area contributed by atoms with Gasteiger partial charge in [-0.1, -0.05) is 24.0 Å². The lowest BCUT2D eigenvalue weighted by Crippen LogP contribution is -1.95. The van der Waals surface area contributed by atoms with Crippen LogP contribution in [-0.2, 0) is 16.0 Å². The average molecular weight is 246 g/mol. The van der Waals surface area contributed by atoms with Gasteiger partial charge >= 0.3 is 11.9 Å². The van der Waals surface area contributed by atoms with Crippen molar-refractivity contribution in [1.29, 1.82) is 0 Å². The van der Waals surface area contributed by atoms with Gasteiger partial charge in [0, 0.05) is 12.0 Å². The predicted molar refractivity (Wildman–Crippen MR) is 66.1 cm³/mol. The van der Waals surface area contributed by atoms with Gasteiger partial charge in [0.15, 0.2) is 0 Å². The third-order valence-corrected chi connectivity index (χ3v) is 2.28. The van der Waals surface area contributed by atoms with Crippen molar-refractivity contribution in [1.82, 2.24) is 0 Å². The molecule has 0 aliphatic heterocycles. The number of benzene rings is 1. The Bertz CT molecular complexity index is 477. The van der Waals surface area contributed by atoms with Crippen molar-refractivity contribution in [2.24, 2.45) is 0 Å². The van der Waals surface area contributed by atoms with Gasteiger partial charge in [-0.15, -0.1) is 0 Å². The van der Waals surface area contributed by atoms with Gasteiger partial charge in [-0.05, 0) is 30.5 Å². The minimum atomic E-state index is -0.937. The molecule has 1 rings (SSSR count). The van der Waals surface area contributed by atoms with Crippen molar-refractivity contribution in [3.05, 3.63) is 35.4 Å². The van der Waals surface area contributed by atoms with Crippen LogP contribution in [0.5, 0.6) is 0 Å². The molecule has 1 aromatic rings. The van der Waals surface area contributed by atoms with Crippen molar-refractivity contribution in [3.8, 4) is 11.8 Å². The molecule has 0 aromatic heterocycles. The Morgan fingerprint density at radius 1 is 1.06 bits per heavy atom. The standard InChI is InChI=1S/C14H14O4/c15-13(16)5-1-3-11-7-9-12(10-8-11)4-2-6-14(17)18/h7-10H,1,3,5-6H2,(H,15,16)(H,17,18). The van der Waals surface area contributed by atoms with Crippen LogP contribution in [0.15, 0.2) is 24.3 Å². The lowest BCUT2D eigenvalue weighted by Gasteiger charge is -1.99. The minimum absolute atomic E-state index is 0.166. The van der Waals surface area contributed by atoms with Crippen LogP contribution in [0.25, 0.3) is 0 Å². The molecular formula is C14H14O4. The molecule has 0 radical (unpaired) electrons. The van der Waals surface area contributed by atoms with Crippen LogP contribution in [0.4, 0.5) is 0 Å². The van der Waals surface area contributed by atoms with Crippen molar-refractivity contribution in [2.45, 2.75) is 25.7 Å². The van der Waals surface area contributed by atoms with E-state index >= 15 is 0 Å². The fourth-order valence-corrected chi connectivity index (χ4v) is 1.42. The molecule has 94 valence electrons. The largest absolute Gasteiger partial charge is 0.481 e. The van der Waals surface area contributed by atoms with E-state index < -0.39 is 11.9 Å². The first kappa shape index (κ1) is 13.8. The maximum atomic E-state index is 10.4. The monoisotopic (exact) mass is 246 g/mol. The molecule has 4 heteroatoms. The smallest absolute Gasteiger partial charge is 0.315 e. The van der Waals surface area contributed by atoms with E-state index in [-0.39, 0.29) is 12.8 Å². The Kier molecular flexibility index (Phi) is 5.46. The second-order valence-corrected chi connectivity index (χ2v) is 3.82. The van der Waals surface area contributed by atoms with E-state index in [0.717, 1.165) is 17.5 Å². The van der Waals surface area contributed by atoms with Crippen LogP contribution in [0.2, 0.25) is 0 Å². The van der Waals surface area contributed by atoms with Crippen LogP contribution >= 0.6 is 0 Å². The molecule has 0 aliphatic rings. The summed E-state index contributed by atoms with van der Waals surface area (Å²) in [5.74, 6) is 3.58. The van der Waals surface area contributed by atoms with Gasteiger partial charge in [0.1, 0.15) is 6.42 Å². The first-order chi connectivity index (χ1) is 8.58. The average Bonchev–Trinajstić information content (AvgIpc) is 2.30. The topological polar surface area (TPSA) is 74.6 Å². The number of hydrogen-bond acceptors (Lipinski definition) is 2. The molecule has 1 aromatic carbocycles. The summed E-state index contributed by atoms with van der Waals surface area (Å²) in [7, 11) is 0. The van der Waals surface area contributed by atoms with Gasteiger partial charge < -0.3 is 10.2 Å². The lowest BCUT2D eigenvalue weighted by molar-refractivity contribution is -0.137. The zero-order valence-electron chi connectivity index (χ0n) is 9.85. The van der Waals surface area contributed by atoms with Crippen LogP contribution < -0.4 is 0 Å². The summed E-state index contributed by atoms with van der Waals surface area (Å²) in [5, 5.41) is 16.9. The molecular weight excluding hydrogens is 232 g/mol. The summed E-state index contributed by atoms with van der Waals surface area (Å²) in [6.45, 7) is 0. The number of carboxylic acid groups (broad SMARTS) is 2. The van der Waals surface area contributed by atoms with E-state index in [9.17, 15) is 9.59 Å². The lowest BCUT2D eigenvalue weighted by atomic mass is 10.1. The zero-order chi connectivity index (χ0) is 13.4. The molecule has 0 saturated carbocycles. The maximum absolute atomic E-state index is 10.4. The van der Waals surface area contributed by atoms with Crippen LogP contribution in [-0.4, -0.2) is 22.2 Å².